The Kier molecular flexibility index (Phi) is 4.14. The Morgan fingerprint density at radius 3 is 2.78 bits per heavy atom. The number of aromatic nitrogens is 3. The zero-order chi connectivity index (χ0) is 16.6. The zero-order valence-corrected chi connectivity index (χ0v) is 14.0. The Morgan fingerprint density at radius 1 is 1.35 bits per heavy atom. The van der Waals surface area contributed by atoms with Crippen LogP contribution >= 0.6 is 22.9 Å². The molecular weight excluding hydrogens is 336 g/mol. The van der Waals surface area contributed by atoms with Gasteiger partial charge >= 0.3 is 0 Å². The van der Waals surface area contributed by atoms with Crippen molar-refractivity contribution in [1.29, 1.82) is 0 Å². The van der Waals surface area contributed by atoms with Gasteiger partial charge in [0.05, 0.1) is 16.8 Å². The molecule has 0 radical (unpaired) electrons. The summed E-state index contributed by atoms with van der Waals surface area (Å²) in [5.74, 6) is -0.268. The number of halogens is 1. The lowest BCUT2D eigenvalue weighted by Crippen LogP contribution is -2.23. The molecule has 3 rings (SSSR count). The molecule has 0 aliphatic heterocycles. The third-order valence-electron chi connectivity index (χ3n) is 3.16. The highest BCUT2D eigenvalue weighted by atomic mass is 35.5. The molecule has 3 aromatic rings. The first kappa shape index (κ1) is 15.6. The maximum atomic E-state index is 12.4. The Hall–Kier alpha value is -2.25. The SMILES string of the molecule is CC(C)c1nn2c(=O)c(NC(=O)c3ccccc3Cl)cnc2s1. The highest BCUT2D eigenvalue weighted by Gasteiger charge is 2.15. The Bertz CT molecular complexity index is 948. The number of anilines is 1. The average Bonchev–Trinajstić information content (AvgIpc) is 2.96. The fourth-order valence-corrected chi connectivity index (χ4v) is 3.04. The fraction of sp³-hybridized carbons (Fsp3) is 0.200. The normalized spacial score (nSPS) is 11.1. The Balaban J connectivity index is 1.98. The molecule has 2 heterocycles. The maximum Gasteiger partial charge on any atom is 0.298 e. The van der Waals surface area contributed by atoms with E-state index >= 15 is 0 Å². The first-order valence-corrected chi connectivity index (χ1v) is 8.11. The van der Waals surface area contributed by atoms with Gasteiger partial charge in [-0.05, 0) is 12.1 Å². The van der Waals surface area contributed by atoms with Crippen molar-refractivity contribution in [2.24, 2.45) is 0 Å². The second-order valence-electron chi connectivity index (χ2n) is 5.20. The Labute approximate surface area is 140 Å². The van der Waals surface area contributed by atoms with Gasteiger partial charge in [0.15, 0.2) is 0 Å². The number of benzene rings is 1. The molecule has 1 amide bonds. The van der Waals surface area contributed by atoms with Gasteiger partial charge in [-0.2, -0.15) is 9.61 Å². The highest BCUT2D eigenvalue weighted by Crippen LogP contribution is 2.20. The molecule has 0 bridgehead atoms. The van der Waals surface area contributed by atoms with Gasteiger partial charge in [0.25, 0.3) is 11.5 Å². The van der Waals surface area contributed by atoms with Crippen LogP contribution in [0, 0.1) is 0 Å². The van der Waals surface area contributed by atoms with Gasteiger partial charge in [-0.15, -0.1) is 0 Å². The number of rotatable bonds is 3. The summed E-state index contributed by atoms with van der Waals surface area (Å²) in [5.41, 5.74) is -0.0635. The van der Waals surface area contributed by atoms with Crippen molar-refractivity contribution in [2.45, 2.75) is 19.8 Å². The quantitative estimate of drug-likeness (QED) is 0.788. The molecule has 23 heavy (non-hydrogen) atoms. The van der Waals surface area contributed by atoms with Crippen molar-refractivity contribution in [2.75, 3.05) is 5.32 Å². The number of fused-ring (bicyclic) bond motifs is 1. The van der Waals surface area contributed by atoms with Crippen LogP contribution in [0.1, 0.15) is 35.1 Å². The van der Waals surface area contributed by atoms with Gasteiger partial charge in [-0.25, -0.2) is 4.98 Å². The van der Waals surface area contributed by atoms with E-state index in [9.17, 15) is 9.59 Å². The smallest absolute Gasteiger partial charge is 0.298 e. The number of carbonyl (C=O) groups is 1. The summed E-state index contributed by atoms with van der Waals surface area (Å²) in [5, 5.41) is 7.92. The number of carbonyl (C=O) groups excluding carboxylic acids is 1. The molecule has 0 saturated heterocycles. The van der Waals surface area contributed by atoms with Crippen molar-refractivity contribution in [3.63, 3.8) is 0 Å². The summed E-state index contributed by atoms with van der Waals surface area (Å²) in [4.78, 5) is 29.4. The molecule has 6 nitrogen and oxygen atoms in total. The number of nitrogens with zero attached hydrogens (tertiary/aromatic N) is 3. The fourth-order valence-electron chi connectivity index (χ4n) is 1.95. The van der Waals surface area contributed by atoms with Gasteiger partial charge in [0.2, 0.25) is 4.96 Å². The van der Waals surface area contributed by atoms with Gasteiger partial charge in [0, 0.05) is 5.92 Å². The van der Waals surface area contributed by atoms with Crippen LogP contribution in [-0.2, 0) is 0 Å². The predicted molar refractivity (Wildman–Crippen MR) is 90.6 cm³/mol. The first-order valence-electron chi connectivity index (χ1n) is 6.92. The molecule has 0 atom stereocenters. The average molecular weight is 349 g/mol. The minimum absolute atomic E-state index is 0.0630. The molecule has 0 unspecified atom stereocenters. The van der Waals surface area contributed by atoms with E-state index in [2.05, 4.69) is 15.4 Å². The van der Waals surface area contributed by atoms with Gasteiger partial charge in [-0.3, -0.25) is 9.59 Å². The van der Waals surface area contributed by atoms with Gasteiger partial charge in [-0.1, -0.05) is 48.9 Å². The molecule has 118 valence electrons. The van der Waals surface area contributed by atoms with Crippen molar-refractivity contribution in [1.82, 2.24) is 14.6 Å². The molecular formula is C15H13ClN4O2S. The van der Waals surface area contributed by atoms with E-state index in [1.54, 1.807) is 24.3 Å². The molecule has 1 N–H and O–H groups in total. The summed E-state index contributed by atoms with van der Waals surface area (Å²) in [6.45, 7) is 3.98. The largest absolute Gasteiger partial charge is 0.316 e. The molecule has 2 aromatic heterocycles. The van der Waals surface area contributed by atoms with Crippen LogP contribution in [0.25, 0.3) is 4.96 Å². The van der Waals surface area contributed by atoms with E-state index in [1.165, 1.54) is 22.0 Å². The van der Waals surface area contributed by atoms with E-state index in [1.807, 2.05) is 13.8 Å². The zero-order valence-electron chi connectivity index (χ0n) is 12.4. The predicted octanol–water partition coefficient (Wildman–Crippen LogP) is 3.18. The van der Waals surface area contributed by atoms with E-state index in [0.717, 1.165) is 5.01 Å². The number of hydrogen-bond acceptors (Lipinski definition) is 5. The minimum Gasteiger partial charge on any atom is -0.316 e. The van der Waals surface area contributed by atoms with Gasteiger partial charge in [0.1, 0.15) is 10.7 Å². The molecule has 0 aliphatic carbocycles. The van der Waals surface area contributed by atoms with Crippen LogP contribution in [-0.4, -0.2) is 20.5 Å². The van der Waals surface area contributed by atoms with Crippen LogP contribution in [0.15, 0.2) is 35.3 Å². The Morgan fingerprint density at radius 2 is 2.09 bits per heavy atom. The molecule has 0 saturated carbocycles. The van der Waals surface area contributed by atoms with E-state index in [-0.39, 0.29) is 11.6 Å². The summed E-state index contributed by atoms with van der Waals surface area (Å²) in [6, 6.07) is 6.62. The van der Waals surface area contributed by atoms with E-state index < -0.39 is 11.5 Å². The van der Waals surface area contributed by atoms with Crippen molar-refractivity contribution in [3.8, 4) is 0 Å². The van der Waals surface area contributed by atoms with Crippen molar-refractivity contribution in [3.05, 3.63) is 56.4 Å². The van der Waals surface area contributed by atoms with Crippen molar-refractivity contribution < 1.29 is 4.79 Å². The third kappa shape index (κ3) is 2.97. The van der Waals surface area contributed by atoms with Crippen LogP contribution in [0.2, 0.25) is 5.02 Å². The molecule has 8 heteroatoms. The lowest BCUT2D eigenvalue weighted by atomic mass is 10.2. The molecule has 0 fully saturated rings. The monoisotopic (exact) mass is 348 g/mol. The van der Waals surface area contributed by atoms with E-state index in [0.29, 0.717) is 15.5 Å². The van der Waals surface area contributed by atoms with Gasteiger partial charge < -0.3 is 5.32 Å². The number of amides is 1. The summed E-state index contributed by atoms with van der Waals surface area (Å²) < 4.78 is 1.21. The maximum absolute atomic E-state index is 12.4. The highest BCUT2D eigenvalue weighted by molar-refractivity contribution is 7.16. The lowest BCUT2D eigenvalue weighted by Gasteiger charge is -2.05. The second-order valence-corrected chi connectivity index (χ2v) is 6.60. The third-order valence-corrected chi connectivity index (χ3v) is 4.72. The minimum atomic E-state index is -0.464. The van der Waals surface area contributed by atoms with Crippen LogP contribution < -0.4 is 10.9 Å². The summed E-state index contributed by atoms with van der Waals surface area (Å²) in [6.07, 6.45) is 1.34. The standard InChI is InChI=1S/C15H13ClN4O2S/c1-8(2)13-19-20-14(22)11(7-17-15(20)23-13)18-12(21)9-5-3-4-6-10(9)16/h3-8H,1-2H3,(H,18,21). The summed E-state index contributed by atoms with van der Waals surface area (Å²) >= 11 is 7.34. The summed E-state index contributed by atoms with van der Waals surface area (Å²) in [7, 11) is 0. The lowest BCUT2D eigenvalue weighted by molar-refractivity contribution is 0.102. The molecule has 0 spiro atoms. The van der Waals surface area contributed by atoms with E-state index in [4.69, 9.17) is 11.6 Å². The van der Waals surface area contributed by atoms with Crippen LogP contribution in [0.5, 0.6) is 0 Å². The number of nitrogens with one attached hydrogen (secondary N) is 1. The van der Waals surface area contributed by atoms with Crippen LogP contribution in [0.3, 0.4) is 0 Å². The molecule has 1 aromatic carbocycles. The van der Waals surface area contributed by atoms with Crippen LogP contribution in [0.4, 0.5) is 5.69 Å². The topological polar surface area (TPSA) is 76.4 Å². The second kappa shape index (κ2) is 6.10. The first-order chi connectivity index (χ1) is 11.0. The molecule has 0 aliphatic rings. The number of hydrogen-bond donors (Lipinski definition) is 1. The van der Waals surface area contributed by atoms with Crippen molar-refractivity contribution >= 4 is 39.5 Å².